The number of aromatic amines is 1. The van der Waals surface area contributed by atoms with Crippen LogP contribution in [-0.4, -0.2) is 126 Å². The lowest BCUT2D eigenvalue weighted by atomic mass is 10.0. The Morgan fingerprint density at radius 2 is 1.03 bits per heavy atom. The maximum absolute atomic E-state index is 14.3. The third-order valence-electron chi connectivity index (χ3n) is 10.1. The molecule has 6 amide bonds. The molecular weight excluding hydrogens is 833 g/mol. The molecule has 23 N–H and O–H groups in total. The van der Waals surface area contributed by atoms with Crippen molar-refractivity contribution in [3.63, 3.8) is 0 Å². The molecule has 24 heteroatoms. The van der Waals surface area contributed by atoms with Crippen molar-refractivity contribution < 1.29 is 38.7 Å². The molecule has 1 aromatic heterocycles. The fraction of sp³-hybridized carbons (Fsp3) is 0.575. The van der Waals surface area contributed by atoms with Gasteiger partial charge >= 0.3 is 5.97 Å². The standard InChI is InChI=1S/C40H68N16O8/c41-17-5-3-12-27(53-34(59)28(14-8-20-50-40(47)48)52-33(58)25(43)10-7-19-49-39(45)46)35(60)56-31(21-23-22-51-26-11-2-1-9-24(23)26)37(62)54-29(15-16-32(44)57)36(61)55-30(38(63)64)13-4-6-18-42/h1-2,9,11,22,25,27-31,51H,3-8,10,12-21,41-43H2,(H2,44,57)(H,52,58)(H,53,59)(H,54,62)(H,55,61)(H,56,60)(H,63,64)(H4,45,46,49)(H4,47,48,50)/t25-,27-,28-,29-,30-,31-/m0/s1. The monoisotopic (exact) mass is 901 g/mol. The van der Waals surface area contributed by atoms with Crippen molar-refractivity contribution in [2.24, 2.45) is 55.9 Å². The third kappa shape index (κ3) is 20.1. The van der Waals surface area contributed by atoms with Gasteiger partial charge in [-0.1, -0.05) is 18.2 Å². The number of carbonyl (C=O) groups excluding carboxylic acids is 6. The second kappa shape index (κ2) is 29.0. The first-order valence-electron chi connectivity index (χ1n) is 21.3. The minimum atomic E-state index is -1.44. The van der Waals surface area contributed by atoms with Gasteiger partial charge < -0.3 is 82.5 Å². The van der Waals surface area contributed by atoms with Crippen molar-refractivity contribution in [2.45, 2.75) is 120 Å². The third-order valence-corrected chi connectivity index (χ3v) is 10.1. The molecule has 0 aliphatic heterocycles. The normalized spacial score (nSPS) is 13.8. The van der Waals surface area contributed by atoms with E-state index in [2.05, 4.69) is 41.6 Å². The summed E-state index contributed by atoms with van der Waals surface area (Å²) in [6.45, 7) is 0.950. The molecule has 24 nitrogen and oxygen atoms in total. The fourth-order valence-electron chi connectivity index (χ4n) is 6.59. The van der Waals surface area contributed by atoms with Crippen LogP contribution in [0, 0.1) is 0 Å². The molecule has 0 aliphatic carbocycles. The van der Waals surface area contributed by atoms with Crippen LogP contribution in [0.3, 0.4) is 0 Å². The number of fused-ring (bicyclic) bond motifs is 1. The molecule has 0 saturated carbocycles. The molecular formula is C40H68N16O8. The van der Waals surface area contributed by atoms with Gasteiger partial charge in [0.15, 0.2) is 11.9 Å². The van der Waals surface area contributed by atoms with Crippen molar-refractivity contribution >= 4 is 64.2 Å². The molecule has 1 aromatic carbocycles. The van der Waals surface area contributed by atoms with Crippen molar-refractivity contribution in [2.75, 3.05) is 26.2 Å². The predicted molar refractivity (Wildman–Crippen MR) is 241 cm³/mol. The highest BCUT2D eigenvalue weighted by atomic mass is 16.4. The van der Waals surface area contributed by atoms with Gasteiger partial charge in [0.2, 0.25) is 35.4 Å². The van der Waals surface area contributed by atoms with Gasteiger partial charge in [-0.25, -0.2) is 4.79 Å². The van der Waals surface area contributed by atoms with Crippen LogP contribution in [0.2, 0.25) is 0 Å². The Bertz CT molecular complexity index is 1900. The summed E-state index contributed by atoms with van der Waals surface area (Å²) in [4.78, 5) is 104. The van der Waals surface area contributed by atoms with Gasteiger partial charge in [0, 0.05) is 43.0 Å². The van der Waals surface area contributed by atoms with Crippen molar-refractivity contribution in [1.29, 1.82) is 0 Å². The minimum Gasteiger partial charge on any atom is -0.480 e. The number of aliphatic carboxylic acids is 1. The van der Waals surface area contributed by atoms with E-state index in [9.17, 15) is 38.7 Å². The van der Waals surface area contributed by atoms with Gasteiger partial charge in [0.05, 0.1) is 6.04 Å². The Kier molecular flexibility index (Phi) is 24.2. The smallest absolute Gasteiger partial charge is 0.326 e. The molecule has 0 fully saturated rings. The number of unbranched alkanes of at least 4 members (excludes halogenated alkanes) is 2. The Morgan fingerprint density at radius 1 is 0.578 bits per heavy atom. The van der Waals surface area contributed by atoms with Gasteiger partial charge in [-0.2, -0.15) is 0 Å². The van der Waals surface area contributed by atoms with Gasteiger partial charge in [-0.05, 0) is 95.3 Å². The van der Waals surface area contributed by atoms with Crippen LogP contribution >= 0.6 is 0 Å². The van der Waals surface area contributed by atoms with Gasteiger partial charge in [0.1, 0.15) is 30.2 Å². The number of carboxylic acids is 1. The molecule has 0 saturated heterocycles. The molecule has 0 spiro atoms. The zero-order valence-corrected chi connectivity index (χ0v) is 36.2. The molecule has 356 valence electrons. The second-order valence-electron chi connectivity index (χ2n) is 15.3. The number of rotatable bonds is 32. The summed E-state index contributed by atoms with van der Waals surface area (Å²) in [6.07, 6.45) is 3.66. The number of carbonyl (C=O) groups is 7. The zero-order valence-electron chi connectivity index (χ0n) is 36.2. The lowest BCUT2D eigenvalue weighted by molar-refractivity contribution is -0.142. The van der Waals surface area contributed by atoms with E-state index in [1.54, 1.807) is 12.3 Å². The number of hydrogen-bond donors (Lipinski definition) is 15. The van der Waals surface area contributed by atoms with E-state index in [0.717, 1.165) is 10.9 Å². The van der Waals surface area contributed by atoms with Crippen molar-refractivity contribution in [3.05, 3.63) is 36.0 Å². The van der Waals surface area contributed by atoms with Gasteiger partial charge in [-0.15, -0.1) is 0 Å². The summed E-state index contributed by atoms with van der Waals surface area (Å²) >= 11 is 0. The highest BCUT2D eigenvalue weighted by Crippen LogP contribution is 2.20. The Labute approximate surface area is 371 Å². The van der Waals surface area contributed by atoms with Crippen LogP contribution in [0.5, 0.6) is 0 Å². The Hall–Kier alpha value is -6.53. The summed E-state index contributed by atoms with van der Waals surface area (Å²) in [6, 6.07) is -0.422. The lowest BCUT2D eigenvalue weighted by Gasteiger charge is -2.27. The number of aliphatic imine (C=N–C) groups is 2. The van der Waals surface area contributed by atoms with E-state index >= 15 is 0 Å². The largest absolute Gasteiger partial charge is 0.480 e. The first-order valence-corrected chi connectivity index (χ1v) is 21.3. The van der Waals surface area contributed by atoms with E-state index in [4.69, 9.17) is 45.9 Å². The zero-order chi connectivity index (χ0) is 47.6. The molecule has 0 aliphatic rings. The number of benzene rings is 1. The number of para-hydroxylation sites is 1. The molecule has 1 heterocycles. The quantitative estimate of drug-likeness (QED) is 0.0190. The number of nitrogens with zero attached hydrogens (tertiary/aromatic N) is 2. The summed E-state index contributed by atoms with van der Waals surface area (Å²) < 4.78 is 0. The molecule has 2 aromatic rings. The van der Waals surface area contributed by atoms with Crippen LogP contribution in [0.4, 0.5) is 0 Å². The fourth-order valence-corrected chi connectivity index (χ4v) is 6.59. The SMILES string of the molecule is NCCCC[C@H](NC(=O)[C@H](CCC(N)=O)NC(=O)[C@H](Cc1c[nH]c2ccccc12)NC(=O)[C@H](CCCCN)NC(=O)[C@H](CCCN=C(N)N)NC(=O)[C@@H](N)CCCN=C(N)N)C(=O)O. The average Bonchev–Trinajstić information content (AvgIpc) is 3.65. The van der Waals surface area contributed by atoms with E-state index in [0.29, 0.717) is 44.2 Å². The van der Waals surface area contributed by atoms with Crippen LogP contribution in [0.25, 0.3) is 10.9 Å². The number of carboxylic acid groups (broad SMARTS) is 1. The second-order valence-corrected chi connectivity index (χ2v) is 15.3. The molecule has 0 bridgehead atoms. The minimum absolute atomic E-state index is 0.0440. The van der Waals surface area contributed by atoms with E-state index < -0.39 is 77.7 Å². The van der Waals surface area contributed by atoms with Crippen LogP contribution < -0.4 is 72.5 Å². The molecule has 0 radical (unpaired) electrons. The molecule has 2 rings (SSSR count). The Balaban J connectivity index is 2.47. The topological polar surface area (TPSA) is 449 Å². The highest BCUT2D eigenvalue weighted by molar-refractivity contribution is 5.97. The number of nitrogens with two attached hydrogens (primary N) is 8. The van der Waals surface area contributed by atoms with E-state index in [1.807, 2.05) is 18.2 Å². The highest BCUT2D eigenvalue weighted by Gasteiger charge is 2.33. The first kappa shape index (κ1) is 53.6. The number of guanidine groups is 2. The average molecular weight is 901 g/mol. The number of nitrogens with one attached hydrogen (secondary N) is 6. The molecule has 0 unspecified atom stereocenters. The maximum Gasteiger partial charge on any atom is 0.326 e. The van der Waals surface area contributed by atoms with E-state index in [-0.39, 0.29) is 82.9 Å². The van der Waals surface area contributed by atoms with Crippen molar-refractivity contribution in [1.82, 2.24) is 31.6 Å². The first-order chi connectivity index (χ1) is 30.5. The van der Waals surface area contributed by atoms with Gasteiger partial charge in [-0.3, -0.25) is 38.8 Å². The maximum atomic E-state index is 14.3. The van der Waals surface area contributed by atoms with Crippen molar-refractivity contribution in [3.8, 4) is 0 Å². The lowest BCUT2D eigenvalue weighted by Crippen LogP contribution is -2.59. The molecule has 64 heavy (non-hydrogen) atoms. The van der Waals surface area contributed by atoms with Crippen LogP contribution in [-0.2, 0) is 40.0 Å². The number of aromatic nitrogens is 1. The number of primary amides is 1. The summed E-state index contributed by atoms with van der Waals surface area (Å²) in [5.41, 5.74) is 45.8. The van der Waals surface area contributed by atoms with Gasteiger partial charge in [0.25, 0.3) is 0 Å². The Morgan fingerprint density at radius 3 is 1.56 bits per heavy atom. The summed E-state index contributed by atoms with van der Waals surface area (Å²) in [5.74, 6) is -6.28. The predicted octanol–water partition coefficient (Wildman–Crippen LogP) is -3.82. The van der Waals surface area contributed by atoms with Crippen LogP contribution in [0.15, 0.2) is 40.4 Å². The summed E-state index contributed by atoms with van der Waals surface area (Å²) in [5, 5.41) is 23.6. The van der Waals surface area contributed by atoms with Crippen LogP contribution in [0.1, 0.15) is 82.6 Å². The number of H-pyrrole nitrogens is 1. The molecule has 6 atom stereocenters. The number of hydrogen-bond acceptors (Lipinski definition) is 12. The van der Waals surface area contributed by atoms with E-state index in [1.165, 1.54) is 0 Å². The number of amides is 6. The summed E-state index contributed by atoms with van der Waals surface area (Å²) in [7, 11) is 0.